The van der Waals surface area contributed by atoms with E-state index in [1.165, 1.54) is 16.7 Å². The van der Waals surface area contributed by atoms with Crippen molar-refractivity contribution in [3.05, 3.63) is 113 Å². The normalized spacial score (nSPS) is 15.1. The Morgan fingerprint density at radius 2 is 1.30 bits per heavy atom. The minimum atomic E-state index is 0.0916. The summed E-state index contributed by atoms with van der Waals surface area (Å²) in [5.74, 6) is 0.0916. The van der Waals surface area contributed by atoms with Gasteiger partial charge in [0.25, 0.3) is 0 Å². The van der Waals surface area contributed by atoms with Crippen LogP contribution in [0.15, 0.2) is 91.0 Å². The molecule has 3 heteroatoms. The zero-order chi connectivity index (χ0) is 20.8. The fraction of sp³-hybridized carbons (Fsp3) is 0.222. The van der Waals surface area contributed by atoms with Gasteiger partial charge in [-0.25, -0.2) is 0 Å². The van der Waals surface area contributed by atoms with Crippen molar-refractivity contribution < 1.29 is 4.79 Å². The summed E-state index contributed by atoms with van der Waals surface area (Å²) in [6.07, 6.45) is 3.64. The molecule has 0 N–H and O–H groups in total. The van der Waals surface area contributed by atoms with Crippen LogP contribution in [0.2, 0.25) is 0 Å². The average molecular weight is 397 g/mol. The predicted octanol–water partition coefficient (Wildman–Crippen LogP) is 4.94. The second kappa shape index (κ2) is 9.55. The molecule has 0 saturated carbocycles. The molecule has 0 spiro atoms. The molecule has 1 amide bonds. The van der Waals surface area contributed by atoms with Gasteiger partial charge in [-0.05, 0) is 35.3 Å². The number of aryl methyl sites for hydroxylation is 1. The van der Waals surface area contributed by atoms with Crippen molar-refractivity contribution in [2.45, 2.75) is 13.0 Å². The zero-order valence-electron chi connectivity index (χ0n) is 17.4. The molecule has 0 aliphatic carbocycles. The van der Waals surface area contributed by atoms with Crippen LogP contribution in [0, 0.1) is 6.92 Å². The first-order valence-electron chi connectivity index (χ1n) is 10.6. The van der Waals surface area contributed by atoms with Gasteiger partial charge in [0.1, 0.15) is 0 Å². The second-order valence-electron chi connectivity index (χ2n) is 7.78. The first-order valence-corrected chi connectivity index (χ1v) is 10.6. The van der Waals surface area contributed by atoms with Crippen molar-refractivity contribution in [1.82, 2.24) is 9.80 Å². The molecule has 3 aromatic rings. The Morgan fingerprint density at radius 3 is 1.87 bits per heavy atom. The van der Waals surface area contributed by atoms with Gasteiger partial charge < -0.3 is 4.90 Å². The van der Waals surface area contributed by atoms with E-state index in [-0.39, 0.29) is 11.9 Å². The SMILES string of the molecule is Cc1ccccc1C=CC(=O)N1CCN(C(c2ccccc2)c2ccccc2)CC1. The lowest BCUT2D eigenvalue weighted by Crippen LogP contribution is -2.49. The van der Waals surface area contributed by atoms with Crippen LogP contribution < -0.4 is 0 Å². The minimum Gasteiger partial charge on any atom is -0.337 e. The molecule has 1 saturated heterocycles. The summed E-state index contributed by atoms with van der Waals surface area (Å²) in [6, 6.07) is 29.6. The molecular weight excluding hydrogens is 368 g/mol. The Balaban J connectivity index is 1.44. The molecule has 0 radical (unpaired) electrons. The van der Waals surface area contributed by atoms with Crippen molar-refractivity contribution in [2.24, 2.45) is 0 Å². The highest BCUT2D eigenvalue weighted by Crippen LogP contribution is 2.29. The molecule has 152 valence electrons. The van der Waals surface area contributed by atoms with Gasteiger partial charge in [-0.2, -0.15) is 0 Å². The molecular formula is C27H28N2O. The third-order valence-corrected chi connectivity index (χ3v) is 5.82. The monoisotopic (exact) mass is 396 g/mol. The number of hydrogen-bond donors (Lipinski definition) is 0. The Bertz CT molecular complexity index is 950. The summed E-state index contributed by atoms with van der Waals surface area (Å²) in [5.41, 5.74) is 4.86. The lowest BCUT2D eigenvalue weighted by atomic mass is 9.96. The van der Waals surface area contributed by atoms with Crippen LogP contribution in [-0.4, -0.2) is 41.9 Å². The molecule has 4 rings (SSSR count). The smallest absolute Gasteiger partial charge is 0.246 e. The number of piperazine rings is 1. The first kappa shape index (κ1) is 20.1. The van der Waals surface area contributed by atoms with Crippen molar-refractivity contribution in [3.63, 3.8) is 0 Å². The Labute approximate surface area is 179 Å². The van der Waals surface area contributed by atoms with E-state index in [1.807, 2.05) is 29.2 Å². The van der Waals surface area contributed by atoms with E-state index in [9.17, 15) is 4.79 Å². The topological polar surface area (TPSA) is 23.6 Å². The third-order valence-electron chi connectivity index (χ3n) is 5.82. The molecule has 0 unspecified atom stereocenters. The summed E-state index contributed by atoms with van der Waals surface area (Å²) in [5, 5.41) is 0. The zero-order valence-corrected chi connectivity index (χ0v) is 17.4. The average Bonchev–Trinajstić information content (AvgIpc) is 2.80. The third kappa shape index (κ3) is 4.69. The van der Waals surface area contributed by atoms with E-state index in [0.29, 0.717) is 0 Å². The fourth-order valence-electron chi connectivity index (χ4n) is 4.13. The van der Waals surface area contributed by atoms with Gasteiger partial charge in [-0.15, -0.1) is 0 Å². The molecule has 1 heterocycles. The second-order valence-corrected chi connectivity index (χ2v) is 7.78. The number of nitrogens with zero attached hydrogens (tertiary/aromatic N) is 2. The molecule has 1 aliphatic rings. The van der Waals surface area contributed by atoms with E-state index < -0.39 is 0 Å². The van der Waals surface area contributed by atoms with Gasteiger partial charge in [0.2, 0.25) is 5.91 Å². The van der Waals surface area contributed by atoms with Crippen molar-refractivity contribution in [3.8, 4) is 0 Å². The van der Waals surface area contributed by atoms with Crippen molar-refractivity contribution in [1.29, 1.82) is 0 Å². The lowest BCUT2D eigenvalue weighted by Gasteiger charge is -2.39. The van der Waals surface area contributed by atoms with Crippen molar-refractivity contribution in [2.75, 3.05) is 26.2 Å². The van der Waals surface area contributed by atoms with Crippen LogP contribution in [0.25, 0.3) is 6.08 Å². The van der Waals surface area contributed by atoms with Crippen LogP contribution in [0.3, 0.4) is 0 Å². The Kier molecular flexibility index (Phi) is 6.41. The molecule has 0 atom stereocenters. The van der Waals surface area contributed by atoms with Crippen LogP contribution >= 0.6 is 0 Å². The summed E-state index contributed by atoms with van der Waals surface area (Å²) < 4.78 is 0. The highest BCUT2D eigenvalue weighted by atomic mass is 16.2. The molecule has 1 aliphatic heterocycles. The van der Waals surface area contributed by atoms with Gasteiger partial charge in [-0.1, -0.05) is 84.9 Å². The molecule has 3 aromatic carbocycles. The maximum absolute atomic E-state index is 12.7. The Hall–Kier alpha value is -3.17. The minimum absolute atomic E-state index is 0.0916. The van der Waals surface area contributed by atoms with Crippen LogP contribution in [-0.2, 0) is 4.79 Å². The molecule has 0 aromatic heterocycles. The van der Waals surface area contributed by atoms with Crippen molar-refractivity contribution >= 4 is 12.0 Å². The number of carbonyl (C=O) groups is 1. The fourth-order valence-corrected chi connectivity index (χ4v) is 4.13. The quantitative estimate of drug-likeness (QED) is 0.570. The highest BCUT2D eigenvalue weighted by molar-refractivity contribution is 5.92. The molecule has 30 heavy (non-hydrogen) atoms. The number of rotatable bonds is 5. The molecule has 3 nitrogen and oxygen atoms in total. The van der Waals surface area contributed by atoms with E-state index in [1.54, 1.807) is 6.08 Å². The molecule has 1 fully saturated rings. The highest BCUT2D eigenvalue weighted by Gasteiger charge is 2.27. The summed E-state index contributed by atoms with van der Waals surface area (Å²) in [4.78, 5) is 17.2. The standard InChI is InChI=1S/C27H28N2O/c1-22-10-8-9-11-23(22)16-17-26(30)28-18-20-29(21-19-28)27(24-12-4-2-5-13-24)25-14-6-3-7-15-25/h2-17,27H,18-21H2,1H3. The van der Waals surface area contributed by atoms with Crippen LogP contribution in [0.5, 0.6) is 0 Å². The van der Waals surface area contributed by atoms with Gasteiger partial charge in [0.15, 0.2) is 0 Å². The number of amides is 1. The maximum Gasteiger partial charge on any atom is 0.246 e. The number of hydrogen-bond acceptors (Lipinski definition) is 2. The predicted molar refractivity (Wildman–Crippen MR) is 123 cm³/mol. The van der Waals surface area contributed by atoms with Crippen LogP contribution in [0.1, 0.15) is 28.3 Å². The van der Waals surface area contributed by atoms with Gasteiger partial charge in [-0.3, -0.25) is 9.69 Å². The van der Waals surface area contributed by atoms with Crippen LogP contribution in [0.4, 0.5) is 0 Å². The van der Waals surface area contributed by atoms with E-state index >= 15 is 0 Å². The number of carbonyl (C=O) groups excluding carboxylic acids is 1. The molecule has 0 bridgehead atoms. The maximum atomic E-state index is 12.7. The summed E-state index contributed by atoms with van der Waals surface area (Å²) >= 11 is 0. The summed E-state index contributed by atoms with van der Waals surface area (Å²) in [6.45, 7) is 5.27. The summed E-state index contributed by atoms with van der Waals surface area (Å²) in [7, 11) is 0. The van der Waals surface area contributed by atoms with Gasteiger partial charge in [0.05, 0.1) is 6.04 Å². The largest absolute Gasteiger partial charge is 0.337 e. The van der Waals surface area contributed by atoms with Gasteiger partial charge in [0, 0.05) is 32.3 Å². The lowest BCUT2D eigenvalue weighted by molar-refractivity contribution is -0.127. The van der Waals surface area contributed by atoms with E-state index in [2.05, 4.69) is 78.6 Å². The first-order chi connectivity index (χ1) is 14.7. The number of benzene rings is 3. The van der Waals surface area contributed by atoms with E-state index in [4.69, 9.17) is 0 Å². The van der Waals surface area contributed by atoms with E-state index in [0.717, 1.165) is 31.7 Å². The Morgan fingerprint density at radius 1 is 0.767 bits per heavy atom. The van der Waals surface area contributed by atoms with Gasteiger partial charge >= 0.3 is 0 Å².